The fourth-order valence-electron chi connectivity index (χ4n) is 10.6. The first-order valence-corrected chi connectivity index (χ1v) is 29.0. The van der Waals surface area contributed by atoms with Gasteiger partial charge in [-0.3, -0.25) is 43.2 Å². The van der Waals surface area contributed by atoms with Gasteiger partial charge in [0.15, 0.2) is 0 Å². The number of alkyl halides is 3. The van der Waals surface area contributed by atoms with Crippen LogP contribution in [0.2, 0.25) is 0 Å². The van der Waals surface area contributed by atoms with Crippen molar-refractivity contribution in [3.63, 3.8) is 0 Å². The SMILES string of the molecule is CCCCCOc1ccc(-c2ccc(-c3ccc(C(=O)N[C@H]4CNC(=O)[C@@H](CNC(=O)C(F)(F)F)NC(=O)[C@@H]5[C@@H](O)[C@@H](C)CN5C(=O)[C@H](C(C)O)NC(=O)[C@H]([C@H](O)Cc5ccc(O)cc5)NC(=O)[C@@H]5C[C@@H](O)CN5C(=O)[C@H](C(C)O)NC4=O)cc3)cc2)cc1. The number of hydrogen-bond acceptors (Lipinski definition) is 16. The Morgan fingerprint density at radius 3 is 1.78 bits per heavy atom. The summed E-state index contributed by atoms with van der Waals surface area (Å²) in [4.78, 5) is 129. The third-order valence-corrected chi connectivity index (χ3v) is 15.6. The fraction of sp³-hybridized carbons (Fsp3) is 0.459. The lowest BCUT2D eigenvalue weighted by molar-refractivity contribution is -0.173. The summed E-state index contributed by atoms with van der Waals surface area (Å²) in [6, 6.07) is 12.4. The molecule has 9 amide bonds. The number of phenols is 1. The van der Waals surface area contributed by atoms with Gasteiger partial charge in [-0.05, 0) is 84.5 Å². The number of ether oxygens (including phenoxy) is 1. The summed E-state index contributed by atoms with van der Waals surface area (Å²) < 4.78 is 46.6. The summed E-state index contributed by atoms with van der Waals surface area (Å²) in [6.07, 6.45) is -12.2. The minimum absolute atomic E-state index is 0.0656. The monoisotopic (exact) mass is 1250 g/mol. The molecule has 25 nitrogen and oxygen atoms in total. The fourth-order valence-corrected chi connectivity index (χ4v) is 10.6. The first kappa shape index (κ1) is 67.8. The van der Waals surface area contributed by atoms with Crippen molar-refractivity contribution in [1.29, 1.82) is 0 Å². The molecule has 4 aromatic rings. The topological polar surface area (TPSA) is 375 Å². The molecule has 7 rings (SSSR count). The Kier molecular flexibility index (Phi) is 22.9. The molecule has 3 aliphatic heterocycles. The van der Waals surface area contributed by atoms with E-state index in [4.69, 9.17) is 4.74 Å². The third-order valence-electron chi connectivity index (χ3n) is 15.6. The van der Waals surface area contributed by atoms with E-state index in [1.807, 2.05) is 48.5 Å². The predicted molar refractivity (Wildman–Crippen MR) is 311 cm³/mol. The standard InChI is InChI=1S/C61H74F3N9O16/c1-5-6-7-24-89-42-22-18-38(19-23-42)36-12-10-35(11-13-36)37-14-16-39(17-15-37)52(80)67-44-27-65-53(81)43(28-66-60(88)61(62,63)64)68-57(85)50-51(79)31(2)29-73(50)59(87)48(33(4)75)70-56(84)49(46(78)25-34-8-20-40(76)21-9-34)71-55(83)45-26-41(77)30-72(45)58(86)47(32(3)74)69-54(44)82/h8-23,31-33,41,43-51,74-79H,5-7,24-30H2,1-4H3,(H,65,81)(H,66,88)(H,67,80)(H,68,85)(H,69,82)(H,70,84)(H,71,83)/t31-,32?,33?,41+,43+,44-,45-,46+,47-,48-,49-,50-,51-/m0/s1. The molecule has 0 bridgehead atoms. The Hall–Kier alpha value is -8.70. The summed E-state index contributed by atoms with van der Waals surface area (Å²) in [5.74, 6) is -13.1. The number of rotatable bonds is 16. The summed E-state index contributed by atoms with van der Waals surface area (Å²) in [5, 5.41) is 81.3. The summed E-state index contributed by atoms with van der Waals surface area (Å²) in [5.41, 5.74) is 3.49. The molecule has 3 fully saturated rings. The molecular formula is C61H74F3N9O16. The maximum atomic E-state index is 14.6. The van der Waals surface area contributed by atoms with Crippen molar-refractivity contribution in [3.8, 4) is 33.8 Å². The van der Waals surface area contributed by atoms with Crippen LogP contribution in [0.1, 0.15) is 69.3 Å². The van der Waals surface area contributed by atoms with Gasteiger partial charge in [-0.15, -0.1) is 0 Å². The number of unbranched alkanes of at least 4 members (excludes halogenated alkanes) is 2. The molecule has 480 valence electrons. The molecule has 0 radical (unpaired) electrons. The molecule has 13 N–H and O–H groups in total. The van der Waals surface area contributed by atoms with Crippen molar-refractivity contribution in [1.82, 2.24) is 47.0 Å². The second-order valence-electron chi connectivity index (χ2n) is 22.5. The van der Waals surface area contributed by atoms with Gasteiger partial charge in [0.05, 0.1) is 37.1 Å². The number of halogens is 3. The van der Waals surface area contributed by atoms with Gasteiger partial charge >= 0.3 is 12.1 Å². The Morgan fingerprint density at radius 1 is 0.674 bits per heavy atom. The number of fused-ring (bicyclic) bond motifs is 2. The zero-order chi connectivity index (χ0) is 65.0. The average molecular weight is 1250 g/mol. The van der Waals surface area contributed by atoms with Crippen LogP contribution in [-0.2, 0) is 44.8 Å². The van der Waals surface area contributed by atoms with E-state index in [1.54, 1.807) is 12.1 Å². The summed E-state index contributed by atoms with van der Waals surface area (Å²) in [6.45, 7) is 2.80. The Labute approximate surface area is 509 Å². The van der Waals surface area contributed by atoms with E-state index in [0.717, 1.165) is 60.4 Å². The number of hydrogen-bond donors (Lipinski definition) is 13. The summed E-state index contributed by atoms with van der Waals surface area (Å²) >= 11 is 0. The zero-order valence-electron chi connectivity index (χ0n) is 49.1. The van der Waals surface area contributed by atoms with Gasteiger partial charge in [0, 0.05) is 50.5 Å². The molecule has 2 unspecified atom stereocenters. The quantitative estimate of drug-likeness (QED) is 0.0639. The first-order chi connectivity index (χ1) is 42.1. The van der Waals surface area contributed by atoms with Crippen molar-refractivity contribution in [2.45, 2.75) is 139 Å². The molecular weight excluding hydrogens is 1170 g/mol. The summed E-state index contributed by atoms with van der Waals surface area (Å²) in [7, 11) is 0. The number of aromatic hydroxyl groups is 1. The van der Waals surface area contributed by atoms with E-state index in [0.29, 0.717) is 22.6 Å². The van der Waals surface area contributed by atoms with Crippen molar-refractivity contribution in [2.75, 3.05) is 32.8 Å². The number of carbonyl (C=O) groups is 9. The van der Waals surface area contributed by atoms with Gasteiger partial charge < -0.3 is 82.4 Å². The van der Waals surface area contributed by atoms with Crippen LogP contribution in [0, 0.1) is 5.92 Å². The van der Waals surface area contributed by atoms with Gasteiger partial charge in [0.25, 0.3) is 5.91 Å². The number of nitrogens with zero attached hydrogens (tertiary/aromatic N) is 2. The van der Waals surface area contributed by atoms with E-state index in [-0.39, 0.29) is 11.3 Å². The first-order valence-electron chi connectivity index (χ1n) is 29.0. The number of amides is 9. The van der Waals surface area contributed by atoms with Crippen LogP contribution >= 0.6 is 0 Å². The molecule has 3 aliphatic rings. The van der Waals surface area contributed by atoms with Crippen LogP contribution in [0.3, 0.4) is 0 Å². The lowest BCUT2D eigenvalue weighted by Crippen LogP contribution is -2.65. The van der Waals surface area contributed by atoms with Gasteiger partial charge in [-0.25, -0.2) is 0 Å². The molecule has 28 heteroatoms. The van der Waals surface area contributed by atoms with E-state index in [1.165, 1.54) is 48.6 Å². The van der Waals surface area contributed by atoms with Gasteiger partial charge in [-0.1, -0.05) is 87.4 Å². The Balaban J connectivity index is 1.22. The van der Waals surface area contributed by atoms with Crippen LogP contribution in [0.5, 0.6) is 11.5 Å². The highest BCUT2D eigenvalue weighted by Gasteiger charge is 2.50. The van der Waals surface area contributed by atoms with Crippen LogP contribution in [0.25, 0.3) is 22.3 Å². The molecule has 0 aliphatic carbocycles. The number of carbonyl (C=O) groups excluding carboxylic acids is 9. The number of benzene rings is 4. The number of aliphatic hydroxyl groups is 5. The van der Waals surface area contributed by atoms with E-state index in [9.17, 15) is 87.0 Å². The lowest BCUT2D eigenvalue weighted by Gasteiger charge is -2.34. The molecule has 0 spiro atoms. The minimum atomic E-state index is -5.52. The van der Waals surface area contributed by atoms with E-state index >= 15 is 0 Å². The van der Waals surface area contributed by atoms with Crippen LogP contribution in [-0.4, -0.2) is 205 Å². The normalized spacial score (nSPS) is 25.3. The maximum absolute atomic E-state index is 14.6. The van der Waals surface area contributed by atoms with Gasteiger partial charge in [-0.2, -0.15) is 13.2 Å². The Bertz CT molecular complexity index is 3170. The second-order valence-corrected chi connectivity index (χ2v) is 22.5. The molecule has 0 saturated carbocycles. The largest absolute Gasteiger partial charge is 0.508 e. The van der Waals surface area contributed by atoms with Crippen LogP contribution < -0.4 is 42.0 Å². The molecule has 4 aromatic carbocycles. The Morgan fingerprint density at radius 2 is 1.21 bits per heavy atom. The minimum Gasteiger partial charge on any atom is -0.508 e. The van der Waals surface area contributed by atoms with Crippen LogP contribution in [0.4, 0.5) is 13.2 Å². The van der Waals surface area contributed by atoms with Crippen molar-refractivity contribution < 1.29 is 91.7 Å². The van der Waals surface area contributed by atoms with Crippen LogP contribution in [0.15, 0.2) is 97.1 Å². The number of phenolic OH excluding ortho intramolecular Hbond substituents is 1. The zero-order valence-corrected chi connectivity index (χ0v) is 49.1. The number of nitrogens with one attached hydrogen (secondary N) is 7. The van der Waals surface area contributed by atoms with E-state index in [2.05, 4.69) is 38.8 Å². The van der Waals surface area contributed by atoms with Gasteiger partial charge in [0.2, 0.25) is 41.4 Å². The maximum Gasteiger partial charge on any atom is 0.471 e. The highest BCUT2D eigenvalue weighted by molar-refractivity contribution is 6.01. The number of aliphatic hydroxyl groups excluding tert-OH is 5. The molecule has 3 saturated heterocycles. The van der Waals surface area contributed by atoms with Gasteiger partial charge in [0.1, 0.15) is 53.8 Å². The van der Waals surface area contributed by atoms with Crippen molar-refractivity contribution in [3.05, 3.63) is 108 Å². The van der Waals surface area contributed by atoms with Crippen molar-refractivity contribution in [2.24, 2.45) is 5.92 Å². The molecule has 89 heavy (non-hydrogen) atoms. The smallest absolute Gasteiger partial charge is 0.471 e. The lowest BCUT2D eigenvalue weighted by atomic mass is 9.99. The molecule has 3 heterocycles. The highest BCUT2D eigenvalue weighted by Crippen LogP contribution is 2.29. The molecule has 0 aromatic heterocycles. The van der Waals surface area contributed by atoms with Crippen molar-refractivity contribution >= 4 is 53.2 Å². The molecule has 13 atom stereocenters. The second kappa shape index (κ2) is 30.0. The average Bonchev–Trinajstić information content (AvgIpc) is 1.88. The third kappa shape index (κ3) is 17.3. The highest BCUT2D eigenvalue weighted by atomic mass is 19.4. The predicted octanol–water partition coefficient (Wildman–Crippen LogP) is -0.324. The van der Waals surface area contributed by atoms with E-state index < -0.39 is 177 Å².